The quantitative estimate of drug-likeness (QED) is 0.0371. The van der Waals surface area contributed by atoms with Gasteiger partial charge in [0.2, 0.25) is 11.8 Å². The zero-order valence-electron chi connectivity index (χ0n) is 25.7. The number of ether oxygens (including phenoxy) is 1. The molecule has 0 aliphatic rings. The van der Waals surface area contributed by atoms with Crippen molar-refractivity contribution in [3.05, 3.63) is 48.6 Å². The molecule has 0 aromatic carbocycles. The minimum Gasteiger partial charge on any atom is -0.480 e. The lowest BCUT2D eigenvalue weighted by Crippen LogP contribution is -2.50. The number of carboxylic acids is 2. The SMILES string of the molecule is CCCCC/C=C\C\C=C/C=C/C=C/[C@@H](SC[C@H](NC(=O)CC[C@H](N)C(=O)O)C(=O)NCC(=O)O)[C@@H](O)CCCC(=O)OC. The summed E-state index contributed by atoms with van der Waals surface area (Å²) in [4.78, 5) is 58.5. The first kappa shape index (κ1) is 40.6. The Morgan fingerprint density at radius 3 is 2.32 bits per heavy atom. The summed E-state index contributed by atoms with van der Waals surface area (Å²) in [5.74, 6) is -4.34. The third-order valence-electron chi connectivity index (χ3n) is 6.19. The van der Waals surface area contributed by atoms with E-state index >= 15 is 0 Å². The number of unbranched alkanes of at least 4 members (excludes halogenated alkanes) is 3. The average Bonchev–Trinajstić information content (AvgIpc) is 2.99. The number of carbonyl (C=O) groups excluding carboxylic acids is 3. The van der Waals surface area contributed by atoms with Crippen LogP contribution in [0, 0.1) is 0 Å². The van der Waals surface area contributed by atoms with Crippen molar-refractivity contribution < 1.29 is 44.0 Å². The van der Waals surface area contributed by atoms with Gasteiger partial charge in [0, 0.05) is 23.8 Å². The topological polar surface area (TPSA) is 205 Å². The first-order chi connectivity index (χ1) is 21.0. The molecule has 0 spiro atoms. The molecular weight excluding hydrogens is 590 g/mol. The van der Waals surface area contributed by atoms with Crippen LogP contribution in [0.4, 0.5) is 0 Å². The second kappa shape index (κ2) is 26.0. The van der Waals surface area contributed by atoms with Gasteiger partial charge < -0.3 is 36.4 Å². The average molecular weight is 640 g/mol. The van der Waals surface area contributed by atoms with Crippen molar-refractivity contribution in [1.29, 1.82) is 0 Å². The van der Waals surface area contributed by atoms with E-state index < -0.39 is 59.7 Å². The maximum Gasteiger partial charge on any atom is 0.322 e. The molecule has 0 rings (SSSR count). The van der Waals surface area contributed by atoms with Crippen LogP contribution in [-0.4, -0.2) is 87.9 Å². The molecule has 0 saturated carbocycles. The number of esters is 1. The third-order valence-corrected chi connectivity index (χ3v) is 7.57. The number of methoxy groups -OCH3 is 1. The molecule has 4 atom stereocenters. The van der Waals surface area contributed by atoms with E-state index in [0.717, 1.165) is 24.6 Å². The van der Waals surface area contributed by atoms with Gasteiger partial charge in [-0.3, -0.25) is 24.0 Å². The van der Waals surface area contributed by atoms with E-state index in [1.807, 2.05) is 18.2 Å². The smallest absolute Gasteiger partial charge is 0.322 e. The van der Waals surface area contributed by atoms with Crippen LogP contribution < -0.4 is 16.4 Å². The highest BCUT2D eigenvalue weighted by molar-refractivity contribution is 8.00. The zero-order valence-corrected chi connectivity index (χ0v) is 26.5. The van der Waals surface area contributed by atoms with Crippen LogP contribution >= 0.6 is 11.8 Å². The summed E-state index contributed by atoms with van der Waals surface area (Å²) in [6, 6.07) is -2.42. The standard InChI is InChI=1S/C31H49N3O9S/c1-3-4-5-6-7-8-9-10-11-12-13-14-17-26(25(35)16-15-18-29(39)43-2)44-22-24(30(40)33-21-28(37)38)34-27(36)20-19-23(32)31(41)42/h7-8,10-14,17,23-26,35H,3-6,9,15-16,18-22,32H2,1-2H3,(H,33,40)(H,34,36)(H,37,38)(H,41,42)/b8-7-,11-10-,13-12+,17-14+/t23-,24-,25-,26+/m0/s1. The molecule has 0 aliphatic heterocycles. The highest BCUT2D eigenvalue weighted by Crippen LogP contribution is 2.22. The number of aliphatic hydroxyl groups is 1. The molecule has 13 heteroatoms. The van der Waals surface area contributed by atoms with Gasteiger partial charge in [0.25, 0.3) is 0 Å². The molecule has 7 N–H and O–H groups in total. The lowest BCUT2D eigenvalue weighted by atomic mass is 10.1. The molecule has 0 unspecified atom stereocenters. The summed E-state index contributed by atoms with van der Waals surface area (Å²) < 4.78 is 4.64. The van der Waals surface area contributed by atoms with Gasteiger partial charge in [-0.15, -0.1) is 11.8 Å². The Kier molecular flexibility index (Phi) is 24.0. The van der Waals surface area contributed by atoms with E-state index in [1.165, 1.54) is 26.4 Å². The predicted octanol–water partition coefficient (Wildman–Crippen LogP) is 2.87. The normalized spacial score (nSPS) is 14.5. The van der Waals surface area contributed by atoms with Crippen molar-refractivity contribution in [1.82, 2.24) is 10.6 Å². The van der Waals surface area contributed by atoms with Crippen molar-refractivity contribution >= 4 is 41.5 Å². The number of thioether (sulfide) groups is 1. The highest BCUT2D eigenvalue weighted by Gasteiger charge is 2.25. The van der Waals surface area contributed by atoms with Crippen molar-refractivity contribution in [2.75, 3.05) is 19.4 Å². The Morgan fingerprint density at radius 2 is 1.66 bits per heavy atom. The third kappa shape index (κ3) is 22.2. The molecule has 0 fully saturated rings. The Balaban J connectivity index is 5.43. The second-order valence-corrected chi connectivity index (χ2v) is 11.2. The van der Waals surface area contributed by atoms with Gasteiger partial charge in [0.05, 0.1) is 13.2 Å². The van der Waals surface area contributed by atoms with Gasteiger partial charge in [-0.2, -0.15) is 0 Å². The minimum atomic E-state index is -1.27. The number of rotatable bonds is 25. The van der Waals surface area contributed by atoms with Crippen molar-refractivity contribution in [2.24, 2.45) is 5.73 Å². The summed E-state index contributed by atoms with van der Waals surface area (Å²) >= 11 is 1.16. The highest BCUT2D eigenvalue weighted by atomic mass is 32.2. The minimum absolute atomic E-state index is 0.0283. The van der Waals surface area contributed by atoms with Crippen molar-refractivity contribution in [2.45, 2.75) is 94.6 Å². The van der Waals surface area contributed by atoms with Gasteiger partial charge in [-0.25, -0.2) is 0 Å². The number of aliphatic hydroxyl groups excluding tert-OH is 1. The van der Waals surface area contributed by atoms with Crippen molar-refractivity contribution in [3.8, 4) is 0 Å². The van der Waals surface area contributed by atoms with Crippen molar-refractivity contribution in [3.63, 3.8) is 0 Å². The van der Waals surface area contributed by atoms with Gasteiger partial charge in [-0.05, 0) is 38.5 Å². The molecule has 0 aromatic heterocycles. The van der Waals surface area contributed by atoms with Crippen LogP contribution in [-0.2, 0) is 28.7 Å². The summed E-state index contributed by atoms with van der Waals surface area (Å²) in [6.45, 7) is 1.51. The summed E-state index contributed by atoms with van der Waals surface area (Å²) in [6.07, 6.45) is 20.3. The molecule has 0 heterocycles. The Hall–Kier alpha value is -3.42. The largest absolute Gasteiger partial charge is 0.480 e. The number of allylic oxidation sites excluding steroid dienone is 7. The van der Waals surface area contributed by atoms with Gasteiger partial charge >= 0.3 is 17.9 Å². The Bertz CT molecular complexity index is 998. The number of carbonyl (C=O) groups is 5. The van der Waals surface area contributed by atoms with E-state index in [1.54, 1.807) is 18.2 Å². The summed E-state index contributed by atoms with van der Waals surface area (Å²) in [7, 11) is 1.28. The summed E-state index contributed by atoms with van der Waals surface area (Å²) in [5.41, 5.74) is 5.45. The van der Waals surface area contributed by atoms with Crippen LogP contribution in [0.25, 0.3) is 0 Å². The predicted molar refractivity (Wildman–Crippen MR) is 171 cm³/mol. The maximum absolute atomic E-state index is 12.7. The van der Waals surface area contributed by atoms with E-state index in [4.69, 9.17) is 15.9 Å². The van der Waals surface area contributed by atoms with Gasteiger partial charge in [0.1, 0.15) is 18.6 Å². The lowest BCUT2D eigenvalue weighted by Gasteiger charge is -2.23. The molecule has 0 aromatic rings. The molecular formula is C31H49N3O9S. The monoisotopic (exact) mass is 639 g/mol. The maximum atomic E-state index is 12.7. The van der Waals surface area contributed by atoms with Crippen LogP contribution in [0.15, 0.2) is 48.6 Å². The van der Waals surface area contributed by atoms with Crippen LogP contribution in [0.2, 0.25) is 0 Å². The number of nitrogens with two attached hydrogens (primary N) is 1. The first-order valence-corrected chi connectivity index (χ1v) is 15.8. The molecule has 2 amide bonds. The summed E-state index contributed by atoms with van der Waals surface area (Å²) in [5, 5.41) is 32.9. The van der Waals surface area contributed by atoms with E-state index in [2.05, 4.69) is 34.4 Å². The van der Waals surface area contributed by atoms with E-state index in [-0.39, 0.29) is 31.4 Å². The molecule has 0 bridgehead atoms. The molecule has 0 radical (unpaired) electrons. The first-order valence-electron chi connectivity index (χ1n) is 14.8. The lowest BCUT2D eigenvalue weighted by molar-refractivity contribution is -0.141. The number of amides is 2. The van der Waals surface area contributed by atoms with Crippen LogP contribution in [0.1, 0.15) is 71.1 Å². The Morgan fingerprint density at radius 1 is 0.932 bits per heavy atom. The number of hydrogen-bond donors (Lipinski definition) is 6. The fourth-order valence-electron chi connectivity index (χ4n) is 3.63. The number of hydrogen-bond acceptors (Lipinski definition) is 9. The Labute approximate surface area is 264 Å². The fourth-order valence-corrected chi connectivity index (χ4v) is 4.84. The fraction of sp³-hybridized carbons (Fsp3) is 0.581. The number of carboxylic acid groups (broad SMARTS) is 2. The molecule has 248 valence electrons. The van der Waals surface area contributed by atoms with Gasteiger partial charge in [0.15, 0.2) is 0 Å². The number of nitrogens with one attached hydrogen (secondary N) is 2. The molecule has 44 heavy (non-hydrogen) atoms. The molecule has 12 nitrogen and oxygen atoms in total. The molecule has 0 saturated heterocycles. The molecule has 0 aliphatic carbocycles. The van der Waals surface area contributed by atoms with E-state index in [0.29, 0.717) is 6.42 Å². The zero-order chi connectivity index (χ0) is 33.2. The second-order valence-electron chi connectivity index (χ2n) is 9.95. The van der Waals surface area contributed by atoms with Gasteiger partial charge in [-0.1, -0.05) is 68.4 Å². The van der Waals surface area contributed by atoms with Crippen LogP contribution in [0.3, 0.4) is 0 Å². The van der Waals surface area contributed by atoms with E-state index in [9.17, 15) is 29.1 Å². The van der Waals surface area contributed by atoms with Crippen LogP contribution in [0.5, 0.6) is 0 Å². The number of aliphatic carboxylic acids is 2.